The van der Waals surface area contributed by atoms with Crippen molar-refractivity contribution in [1.82, 2.24) is 5.32 Å². The molecule has 1 aromatic rings. The van der Waals surface area contributed by atoms with E-state index in [1.165, 1.54) is 6.07 Å². The van der Waals surface area contributed by atoms with Gasteiger partial charge in [0.15, 0.2) is 0 Å². The summed E-state index contributed by atoms with van der Waals surface area (Å²) in [6.07, 6.45) is 0.948. The smallest absolute Gasteiger partial charge is 0.148 e. The van der Waals surface area contributed by atoms with Gasteiger partial charge in [0.05, 0.1) is 5.69 Å². The molecular formula is C10H12ClFN2. The molecule has 0 bridgehead atoms. The lowest BCUT2D eigenvalue weighted by molar-refractivity contribution is 0.538. The number of fused-ring (bicyclic) bond motifs is 1. The monoisotopic (exact) mass is 214 g/mol. The molecule has 2 rings (SSSR count). The molecule has 2 N–H and O–H groups in total. The highest BCUT2D eigenvalue weighted by atomic mass is 35.5. The number of hydrogen-bond donors (Lipinski definition) is 2. The molecule has 0 radical (unpaired) electrons. The van der Waals surface area contributed by atoms with Crippen molar-refractivity contribution in [2.24, 2.45) is 0 Å². The highest BCUT2D eigenvalue weighted by molar-refractivity contribution is 6.30. The summed E-state index contributed by atoms with van der Waals surface area (Å²) in [7, 11) is 1.87. The van der Waals surface area contributed by atoms with Gasteiger partial charge in [0.1, 0.15) is 5.82 Å². The van der Waals surface area contributed by atoms with Crippen LogP contribution in [0.1, 0.15) is 18.0 Å². The van der Waals surface area contributed by atoms with E-state index in [2.05, 4.69) is 10.6 Å². The Morgan fingerprint density at radius 3 is 3.07 bits per heavy atom. The minimum Gasteiger partial charge on any atom is -0.382 e. The standard InChI is InChI=1S/C10H12ClFN2/c1-13-9-2-3-14-10-7(9)4-6(11)5-8(10)12/h4-5,9,13-14H,2-3H2,1H3. The second-order valence-corrected chi connectivity index (χ2v) is 3.84. The van der Waals surface area contributed by atoms with E-state index in [-0.39, 0.29) is 11.9 Å². The first kappa shape index (κ1) is 9.74. The summed E-state index contributed by atoms with van der Waals surface area (Å²) >= 11 is 5.81. The fourth-order valence-electron chi connectivity index (χ4n) is 1.85. The van der Waals surface area contributed by atoms with Crippen molar-refractivity contribution in [3.63, 3.8) is 0 Å². The summed E-state index contributed by atoms with van der Waals surface area (Å²) < 4.78 is 13.5. The van der Waals surface area contributed by atoms with Gasteiger partial charge in [-0.15, -0.1) is 0 Å². The van der Waals surface area contributed by atoms with Crippen molar-refractivity contribution in [3.8, 4) is 0 Å². The number of halogens is 2. The van der Waals surface area contributed by atoms with Crippen LogP contribution in [0.5, 0.6) is 0 Å². The molecule has 0 saturated carbocycles. The summed E-state index contributed by atoms with van der Waals surface area (Å²) in [5.74, 6) is -0.271. The molecular weight excluding hydrogens is 203 g/mol. The van der Waals surface area contributed by atoms with Gasteiger partial charge in [-0.2, -0.15) is 0 Å². The minimum absolute atomic E-state index is 0.194. The van der Waals surface area contributed by atoms with E-state index in [1.807, 2.05) is 13.1 Å². The topological polar surface area (TPSA) is 24.1 Å². The zero-order chi connectivity index (χ0) is 10.1. The summed E-state index contributed by atoms with van der Waals surface area (Å²) in [6.45, 7) is 0.789. The molecule has 76 valence electrons. The van der Waals surface area contributed by atoms with E-state index < -0.39 is 0 Å². The Morgan fingerprint density at radius 2 is 2.36 bits per heavy atom. The van der Waals surface area contributed by atoms with Crippen LogP contribution < -0.4 is 10.6 Å². The van der Waals surface area contributed by atoms with Crippen molar-refractivity contribution in [1.29, 1.82) is 0 Å². The van der Waals surface area contributed by atoms with E-state index in [0.717, 1.165) is 18.5 Å². The maximum absolute atomic E-state index is 13.5. The Kier molecular flexibility index (Phi) is 2.61. The Balaban J connectivity index is 2.51. The van der Waals surface area contributed by atoms with Gasteiger partial charge in [-0.25, -0.2) is 4.39 Å². The zero-order valence-electron chi connectivity index (χ0n) is 7.90. The fourth-order valence-corrected chi connectivity index (χ4v) is 2.07. The molecule has 0 aromatic heterocycles. The SMILES string of the molecule is CNC1CCNc2c(F)cc(Cl)cc21. The first-order chi connectivity index (χ1) is 6.72. The van der Waals surface area contributed by atoms with E-state index in [9.17, 15) is 4.39 Å². The lowest BCUT2D eigenvalue weighted by Gasteiger charge is -2.26. The van der Waals surface area contributed by atoms with E-state index >= 15 is 0 Å². The van der Waals surface area contributed by atoms with Crippen LogP contribution in [0.25, 0.3) is 0 Å². The van der Waals surface area contributed by atoms with Crippen LogP contribution in [-0.4, -0.2) is 13.6 Å². The molecule has 0 spiro atoms. The molecule has 14 heavy (non-hydrogen) atoms. The van der Waals surface area contributed by atoms with Crippen LogP contribution in [0.2, 0.25) is 5.02 Å². The highest BCUT2D eigenvalue weighted by Gasteiger charge is 2.21. The molecule has 1 aromatic carbocycles. The molecule has 0 amide bonds. The van der Waals surface area contributed by atoms with Gasteiger partial charge in [-0.05, 0) is 31.2 Å². The largest absolute Gasteiger partial charge is 0.382 e. The number of rotatable bonds is 1. The van der Waals surface area contributed by atoms with Gasteiger partial charge in [0, 0.05) is 17.6 Å². The van der Waals surface area contributed by atoms with Crippen LogP contribution in [0, 0.1) is 5.82 Å². The normalized spacial score (nSPS) is 20.1. The first-order valence-electron chi connectivity index (χ1n) is 4.62. The quantitative estimate of drug-likeness (QED) is 0.751. The Bertz CT molecular complexity index is 354. The summed E-state index contributed by atoms with van der Waals surface area (Å²) in [4.78, 5) is 0. The first-order valence-corrected chi connectivity index (χ1v) is 5.00. The van der Waals surface area contributed by atoms with Gasteiger partial charge < -0.3 is 10.6 Å². The van der Waals surface area contributed by atoms with Crippen molar-refractivity contribution in [2.75, 3.05) is 18.9 Å². The summed E-state index contributed by atoms with van der Waals surface area (Å²) in [5, 5.41) is 6.65. The molecule has 1 aliphatic heterocycles. The van der Waals surface area contributed by atoms with Crippen LogP contribution in [0.4, 0.5) is 10.1 Å². The second-order valence-electron chi connectivity index (χ2n) is 3.41. The van der Waals surface area contributed by atoms with Gasteiger partial charge in [-0.3, -0.25) is 0 Å². The number of hydrogen-bond acceptors (Lipinski definition) is 2. The summed E-state index contributed by atoms with van der Waals surface area (Å²) in [5.41, 5.74) is 1.50. The van der Waals surface area contributed by atoms with E-state index in [1.54, 1.807) is 0 Å². The molecule has 0 aliphatic carbocycles. The molecule has 1 heterocycles. The number of anilines is 1. The third-order valence-electron chi connectivity index (χ3n) is 2.54. The summed E-state index contributed by atoms with van der Waals surface area (Å²) in [6, 6.07) is 3.35. The lowest BCUT2D eigenvalue weighted by Crippen LogP contribution is -2.26. The van der Waals surface area contributed by atoms with Gasteiger partial charge in [0.2, 0.25) is 0 Å². The predicted molar refractivity (Wildman–Crippen MR) is 56.3 cm³/mol. The molecule has 0 fully saturated rings. The highest BCUT2D eigenvalue weighted by Crippen LogP contribution is 2.33. The lowest BCUT2D eigenvalue weighted by atomic mass is 9.98. The molecule has 1 aliphatic rings. The van der Waals surface area contributed by atoms with Crippen molar-refractivity contribution < 1.29 is 4.39 Å². The molecule has 4 heteroatoms. The second kappa shape index (κ2) is 3.75. The third kappa shape index (κ3) is 1.57. The average Bonchev–Trinajstić information content (AvgIpc) is 2.17. The maximum atomic E-state index is 13.5. The Morgan fingerprint density at radius 1 is 1.57 bits per heavy atom. The maximum Gasteiger partial charge on any atom is 0.148 e. The van der Waals surface area contributed by atoms with E-state index in [4.69, 9.17) is 11.6 Å². The molecule has 2 nitrogen and oxygen atoms in total. The minimum atomic E-state index is -0.271. The predicted octanol–water partition coefficient (Wildman–Crippen LogP) is 2.56. The fraction of sp³-hybridized carbons (Fsp3) is 0.400. The number of nitrogens with one attached hydrogen (secondary N) is 2. The average molecular weight is 215 g/mol. The van der Waals surface area contributed by atoms with Crippen LogP contribution in [0.15, 0.2) is 12.1 Å². The number of benzene rings is 1. The Hall–Kier alpha value is -0.800. The van der Waals surface area contributed by atoms with Crippen molar-refractivity contribution in [3.05, 3.63) is 28.5 Å². The zero-order valence-corrected chi connectivity index (χ0v) is 8.66. The molecule has 1 unspecified atom stereocenters. The molecule has 1 atom stereocenters. The van der Waals surface area contributed by atoms with Crippen molar-refractivity contribution in [2.45, 2.75) is 12.5 Å². The van der Waals surface area contributed by atoms with Gasteiger partial charge in [0.25, 0.3) is 0 Å². The van der Waals surface area contributed by atoms with Gasteiger partial charge >= 0.3 is 0 Å². The van der Waals surface area contributed by atoms with Crippen molar-refractivity contribution >= 4 is 17.3 Å². The van der Waals surface area contributed by atoms with E-state index in [0.29, 0.717) is 10.7 Å². The third-order valence-corrected chi connectivity index (χ3v) is 2.76. The van der Waals surface area contributed by atoms with Gasteiger partial charge in [-0.1, -0.05) is 11.6 Å². The Labute approximate surface area is 87.5 Å². The molecule has 0 saturated heterocycles. The van der Waals surface area contributed by atoms with Crippen LogP contribution >= 0.6 is 11.6 Å². The van der Waals surface area contributed by atoms with Crippen LogP contribution in [0.3, 0.4) is 0 Å². The van der Waals surface area contributed by atoms with Crippen LogP contribution in [-0.2, 0) is 0 Å².